The lowest BCUT2D eigenvalue weighted by Gasteiger charge is -2.15. The van der Waals surface area contributed by atoms with Crippen LogP contribution in [0.5, 0.6) is 11.5 Å². The van der Waals surface area contributed by atoms with Gasteiger partial charge in [0.25, 0.3) is 0 Å². The van der Waals surface area contributed by atoms with Crippen LogP contribution in [-0.4, -0.2) is 7.11 Å². The maximum atomic E-state index is 13.4. The topological polar surface area (TPSA) is 44.5 Å². The maximum Gasteiger partial charge on any atom is 0.127 e. The lowest BCUT2D eigenvalue weighted by atomic mass is 10.1. The van der Waals surface area contributed by atoms with E-state index in [0.29, 0.717) is 5.75 Å². The molecule has 0 saturated carbocycles. The molecule has 0 amide bonds. The lowest BCUT2D eigenvalue weighted by molar-refractivity contribution is 0.291. The molecular weight excluding hydrogens is 337 g/mol. The lowest BCUT2D eigenvalue weighted by Crippen LogP contribution is -2.08. The van der Waals surface area contributed by atoms with Crippen molar-refractivity contribution in [2.24, 2.45) is 5.73 Å². The Morgan fingerprint density at radius 2 is 1.95 bits per heavy atom. The third kappa shape index (κ3) is 3.95. The van der Waals surface area contributed by atoms with Gasteiger partial charge < -0.3 is 15.2 Å². The van der Waals surface area contributed by atoms with Gasteiger partial charge in [0.2, 0.25) is 0 Å². The van der Waals surface area contributed by atoms with Gasteiger partial charge in [0.15, 0.2) is 0 Å². The highest BCUT2D eigenvalue weighted by Crippen LogP contribution is 2.28. The summed E-state index contributed by atoms with van der Waals surface area (Å²) in [4.78, 5) is 0. The number of halogens is 2. The summed E-state index contributed by atoms with van der Waals surface area (Å²) in [6, 6.07) is 9.79. The standard InChI is InChI=1S/C16H17BrFNO2/c1-10(19)14-5-4-13(18)8-16(14)21-9-11-7-12(17)3-6-15(11)20-2/h3-8,10H,9,19H2,1-2H3/t10-/m1/s1. The summed E-state index contributed by atoms with van der Waals surface area (Å²) in [5.74, 6) is 0.819. The number of ether oxygens (including phenoxy) is 2. The van der Waals surface area contributed by atoms with Crippen LogP contribution in [0.1, 0.15) is 24.1 Å². The van der Waals surface area contributed by atoms with Gasteiger partial charge in [0.05, 0.1) is 7.11 Å². The van der Waals surface area contributed by atoms with Crippen molar-refractivity contribution in [3.8, 4) is 11.5 Å². The van der Waals surface area contributed by atoms with Crippen LogP contribution < -0.4 is 15.2 Å². The zero-order chi connectivity index (χ0) is 15.4. The van der Waals surface area contributed by atoms with Gasteiger partial charge in [-0.3, -0.25) is 0 Å². The molecule has 2 N–H and O–H groups in total. The van der Waals surface area contributed by atoms with E-state index in [9.17, 15) is 4.39 Å². The Labute approximate surface area is 132 Å². The van der Waals surface area contributed by atoms with Crippen LogP contribution >= 0.6 is 15.9 Å². The predicted molar refractivity (Wildman–Crippen MR) is 84.0 cm³/mol. The van der Waals surface area contributed by atoms with E-state index in [1.165, 1.54) is 12.1 Å². The number of methoxy groups -OCH3 is 1. The minimum absolute atomic E-state index is 0.231. The largest absolute Gasteiger partial charge is 0.496 e. The van der Waals surface area contributed by atoms with Gasteiger partial charge in [-0.25, -0.2) is 4.39 Å². The van der Waals surface area contributed by atoms with Crippen LogP contribution in [0.4, 0.5) is 4.39 Å². The molecule has 112 valence electrons. The monoisotopic (exact) mass is 353 g/mol. The molecule has 2 rings (SSSR count). The molecule has 0 aliphatic carbocycles. The smallest absolute Gasteiger partial charge is 0.127 e. The molecule has 0 fully saturated rings. The number of hydrogen-bond acceptors (Lipinski definition) is 3. The zero-order valence-electron chi connectivity index (χ0n) is 11.9. The third-order valence-electron chi connectivity index (χ3n) is 3.09. The molecule has 2 aromatic rings. The second-order valence-corrected chi connectivity index (χ2v) is 5.63. The van der Waals surface area contributed by atoms with Crippen molar-refractivity contribution in [1.29, 1.82) is 0 Å². The molecule has 0 saturated heterocycles. The molecule has 3 nitrogen and oxygen atoms in total. The van der Waals surface area contributed by atoms with Crippen molar-refractivity contribution >= 4 is 15.9 Å². The van der Waals surface area contributed by atoms with Gasteiger partial charge >= 0.3 is 0 Å². The molecule has 0 aromatic heterocycles. The van der Waals surface area contributed by atoms with Crippen molar-refractivity contribution in [3.05, 3.63) is 57.8 Å². The SMILES string of the molecule is COc1ccc(Br)cc1COc1cc(F)ccc1[C@@H](C)N. The van der Waals surface area contributed by atoms with E-state index >= 15 is 0 Å². The molecule has 0 aliphatic heterocycles. The van der Waals surface area contributed by atoms with Crippen LogP contribution in [0.2, 0.25) is 0 Å². The average Bonchev–Trinajstić information content (AvgIpc) is 2.45. The Balaban J connectivity index is 2.24. The minimum atomic E-state index is -0.351. The maximum absolute atomic E-state index is 13.4. The van der Waals surface area contributed by atoms with E-state index < -0.39 is 0 Å². The Morgan fingerprint density at radius 1 is 1.19 bits per heavy atom. The molecule has 0 radical (unpaired) electrons. The Bertz CT molecular complexity index is 632. The number of nitrogens with two attached hydrogens (primary N) is 1. The Kier molecular flexibility index (Phi) is 5.20. The number of rotatable bonds is 5. The van der Waals surface area contributed by atoms with E-state index in [1.54, 1.807) is 13.2 Å². The van der Waals surface area contributed by atoms with E-state index in [1.807, 2.05) is 25.1 Å². The van der Waals surface area contributed by atoms with Gasteiger partial charge in [-0.15, -0.1) is 0 Å². The molecular formula is C16H17BrFNO2. The molecule has 0 heterocycles. The summed E-state index contributed by atoms with van der Waals surface area (Å²) in [7, 11) is 1.60. The summed E-state index contributed by atoms with van der Waals surface area (Å²) in [5.41, 5.74) is 7.52. The van der Waals surface area contributed by atoms with Gasteiger partial charge in [-0.2, -0.15) is 0 Å². The first-order valence-corrected chi connectivity index (χ1v) is 7.31. The average molecular weight is 354 g/mol. The Morgan fingerprint density at radius 3 is 2.62 bits per heavy atom. The van der Waals surface area contributed by atoms with E-state index in [-0.39, 0.29) is 18.5 Å². The summed E-state index contributed by atoms with van der Waals surface area (Å²) in [5, 5.41) is 0. The fourth-order valence-electron chi connectivity index (χ4n) is 2.02. The van der Waals surface area contributed by atoms with E-state index in [4.69, 9.17) is 15.2 Å². The van der Waals surface area contributed by atoms with Crippen LogP contribution in [0.15, 0.2) is 40.9 Å². The first-order valence-electron chi connectivity index (χ1n) is 6.51. The van der Waals surface area contributed by atoms with E-state index in [2.05, 4.69) is 15.9 Å². The Hall–Kier alpha value is -1.59. The summed E-state index contributed by atoms with van der Waals surface area (Å²) < 4.78 is 25.4. The van der Waals surface area contributed by atoms with E-state index in [0.717, 1.165) is 21.3 Å². The van der Waals surface area contributed by atoms with Crippen LogP contribution in [0.3, 0.4) is 0 Å². The van der Waals surface area contributed by atoms with Gasteiger partial charge in [0.1, 0.15) is 23.9 Å². The molecule has 1 atom stereocenters. The zero-order valence-corrected chi connectivity index (χ0v) is 13.5. The predicted octanol–water partition coefficient (Wildman–Crippen LogP) is 4.20. The number of benzene rings is 2. The fourth-order valence-corrected chi connectivity index (χ4v) is 2.43. The van der Waals surface area contributed by atoms with Crippen LogP contribution in [0.25, 0.3) is 0 Å². The first kappa shape index (κ1) is 15.8. The molecule has 0 aliphatic rings. The van der Waals surface area contributed by atoms with Gasteiger partial charge in [-0.1, -0.05) is 22.0 Å². The van der Waals surface area contributed by atoms with Crippen molar-refractivity contribution < 1.29 is 13.9 Å². The first-order chi connectivity index (χ1) is 10.0. The van der Waals surface area contributed by atoms with Crippen molar-refractivity contribution in [2.75, 3.05) is 7.11 Å². The summed E-state index contributed by atoms with van der Waals surface area (Å²) in [6.45, 7) is 2.10. The van der Waals surface area contributed by atoms with Crippen LogP contribution in [-0.2, 0) is 6.61 Å². The van der Waals surface area contributed by atoms with Crippen molar-refractivity contribution in [2.45, 2.75) is 19.6 Å². The fraction of sp³-hybridized carbons (Fsp3) is 0.250. The molecule has 0 unspecified atom stereocenters. The van der Waals surface area contributed by atoms with Crippen molar-refractivity contribution in [1.82, 2.24) is 0 Å². The van der Waals surface area contributed by atoms with Gasteiger partial charge in [0, 0.05) is 27.7 Å². The molecule has 5 heteroatoms. The highest BCUT2D eigenvalue weighted by Gasteiger charge is 2.11. The molecule has 0 spiro atoms. The summed E-state index contributed by atoms with van der Waals surface area (Å²) in [6.07, 6.45) is 0. The quantitative estimate of drug-likeness (QED) is 0.876. The molecule has 21 heavy (non-hydrogen) atoms. The second-order valence-electron chi connectivity index (χ2n) is 4.72. The van der Waals surface area contributed by atoms with Gasteiger partial charge in [-0.05, 0) is 31.2 Å². The number of hydrogen-bond donors (Lipinski definition) is 1. The third-order valence-corrected chi connectivity index (χ3v) is 3.59. The highest BCUT2D eigenvalue weighted by atomic mass is 79.9. The van der Waals surface area contributed by atoms with Crippen LogP contribution in [0, 0.1) is 5.82 Å². The van der Waals surface area contributed by atoms with Crippen molar-refractivity contribution in [3.63, 3.8) is 0 Å². The minimum Gasteiger partial charge on any atom is -0.496 e. The highest BCUT2D eigenvalue weighted by molar-refractivity contribution is 9.10. The summed E-state index contributed by atoms with van der Waals surface area (Å²) >= 11 is 3.41. The molecule has 0 bridgehead atoms. The molecule has 2 aromatic carbocycles. The normalized spacial score (nSPS) is 12.0. The second kappa shape index (κ2) is 6.91.